The number of nitrogens with one attached hydrogen (secondary N) is 1. The quantitative estimate of drug-likeness (QED) is 0.615. The van der Waals surface area contributed by atoms with Crippen LogP contribution in [0.3, 0.4) is 0 Å². The van der Waals surface area contributed by atoms with E-state index in [1.165, 1.54) is 31.7 Å². The molecule has 1 aromatic rings. The first-order valence-electron chi connectivity index (χ1n) is 10.1. The van der Waals surface area contributed by atoms with Crippen molar-refractivity contribution in [1.29, 1.82) is 0 Å². The van der Waals surface area contributed by atoms with Crippen LogP contribution >= 0.6 is 0 Å². The lowest BCUT2D eigenvalue weighted by molar-refractivity contribution is -0.143. The Morgan fingerprint density at radius 1 is 1.29 bits per heavy atom. The third kappa shape index (κ3) is 3.65. The van der Waals surface area contributed by atoms with Crippen molar-refractivity contribution in [3.8, 4) is 0 Å². The average molecular weight is 389 g/mol. The number of hydroxylamine groups is 1. The third-order valence-corrected chi connectivity index (χ3v) is 6.91. The first kappa shape index (κ1) is 19.3. The molecule has 1 aliphatic carbocycles. The van der Waals surface area contributed by atoms with Gasteiger partial charge in [0, 0.05) is 56.2 Å². The van der Waals surface area contributed by atoms with Gasteiger partial charge in [-0.25, -0.2) is 9.87 Å². The van der Waals surface area contributed by atoms with E-state index in [0.717, 1.165) is 31.7 Å². The minimum Gasteiger partial charge on any atom is -0.342 e. The van der Waals surface area contributed by atoms with Gasteiger partial charge in [0.25, 0.3) is 5.91 Å². The fourth-order valence-electron chi connectivity index (χ4n) is 5.17. The van der Waals surface area contributed by atoms with E-state index in [9.17, 15) is 14.0 Å². The first-order chi connectivity index (χ1) is 13.4. The van der Waals surface area contributed by atoms with Crippen LogP contribution in [-0.4, -0.2) is 53.0 Å². The summed E-state index contributed by atoms with van der Waals surface area (Å²) in [5.74, 6) is -0.246. The minimum absolute atomic E-state index is 0.157. The van der Waals surface area contributed by atoms with E-state index in [-0.39, 0.29) is 17.3 Å². The molecule has 1 saturated carbocycles. The summed E-state index contributed by atoms with van der Waals surface area (Å²) in [4.78, 5) is 27.3. The first-order valence-corrected chi connectivity index (χ1v) is 10.1. The Morgan fingerprint density at radius 3 is 2.64 bits per heavy atom. The van der Waals surface area contributed by atoms with Gasteiger partial charge in [0.15, 0.2) is 0 Å². The molecule has 2 heterocycles. The molecule has 2 fully saturated rings. The number of hydrogen-bond donors (Lipinski definition) is 2. The molecule has 7 heteroatoms. The van der Waals surface area contributed by atoms with Crippen LogP contribution in [0, 0.1) is 17.2 Å². The van der Waals surface area contributed by atoms with Crippen LogP contribution in [-0.2, 0) is 17.8 Å². The second kappa shape index (κ2) is 7.44. The summed E-state index contributed by atoms with van der Waals surface area (Å²) in [6.45, 7) is 5.88. The molecule has 0 bridgehead atoms. The van der Waals surface area contributed by atoms with E-state index in [2.05, 4.69) is 4.90 Å². The Kier molecular flexibility index (Phi) is 5.14. The van der Waals surface area contributed by atoms with Crippen LogP contribution in [0.15, 0.2) is 12.1 Å². The highest BCUT2D eigenvalue weighted by molar-refractivity contribution is 5.93. The summed E-state index contributed by atoms with van der Waals surface area (Å²) in [5.41, 5.74) is 3.60. The number of amides is 2. The summed E-state index contributed by atoms with van der Waals surface area (Å²) >= 11 is 0. The fourth-order valence-corrected chi connectivity index (χ4v) is 5.17. The number of likely N-dealkylation sites (tertiary alicyclic amines) is 1. The van der Waals surface area contributed by atoms with Gasteiger partial charge in [0.2, 0.25) is 5.91 Å². The molecule has 1 saturated heterocycles. The summed E-state index contributed by atoms with van der Waals surface area (Å²) in [6, 6.07) is 2.89. The lowest BCUT2D eigenvalue weighted by Crippen LogP contribution is -2.59. The van der Waals surface area contributed by atoms with Crippen molar-refractivity contribution in [2.75, 3.05) is 26.2 Å². The van der Waals surface area contributed by atoms with Crippen molar-refractivity contribution in [2.24, 2.45) is 11.3 Å². The number of halogens is 1. The van der Waals surface area contributed by atoms with Crippen LogP contribution < -0.4 is 5.48 Å². The highest BCUT2D eigenvalue weighted by Gasteiger charge is 2.46. The maximum atomic E-state index is 14.5. The maximum Gasteiger partial charge on any atom is 0.274 e. The zero-order valence-electron chi connectivity index (χ0n) is 16.3. The predicted octanol–water partition coefficient (Wildman–Crippen LogP) is 2.34. The summed E-state index contributed by atoms with van der Waals surface area (Å²) < 4.78 is 14.5. The molecule has 0 radical (unpaired) electrons. The van der Waals surface area contributed by atoms with Crippen LogP contribution in [0.1, 0.15) is 54.1 Å². The number of rotatable bonds is 3. The standard InChI is InChI=1S/C21H28FN3O3/c1-14(26)25-12-21(13-25)5-2-15(3-6-21)10-24-7-4-16-8-17(20(27)23-28)9-19(22)18(16)11-24/h8-9,15,28H,2-7,10-13H2,1H3,(H,23,27). The largest absolute Gasteiger partial charge is 0.342 e. The molecule has 0 unspecified atom stereocenters. The zero-order valence-corrected chi connectivity index (χ0v) is 16.3. The molecule has 1 spiro atoms. The van der Waals surface area contributed by atoms with Crippen LogP contribution in [0.5, 0.6) is 0 Å². The lowest BCUT2D eigenvalue weighted by Gasteiger charge is -2.53. The summed E-state index contributed by atoms with van der Waals surface area (Å²) in [5, 5.41) is 8.76. The van der Waals surface area contributed by atoms with Crippen molar-refractivity contribution < 1.29 is 19.2 Å². The number of fused-ring (bicyclic) bond motifs is 1. The van der Waals surface area contributed by atoms with Crippen molar-refractivity contribution in [3.63, 3.8) is 0 Å². The molecule has 1 aromatic carbocycles. The molecular weight excluding hydrogens is 361 g/mol. The van der Waals surface area contributed by atoms with Gasteiger partial charge in [0.05, 0.1) is 0 Å². The number of carbonyl (C=O) groups excluding carboxylic acids is 2. The van der Waals surface area contributed by atoms with Crippen LogP contribution in [0.4, 0.5) is 4.39 Å². The van der Waals surface area contributed by atoms with Gasteiger partial charge in [-0.15, -0.1) is 0 Å². The van der Waals surface area contributed by atoms with Gasteiger partial charge in [-0.05, 0) is 55.7 Å². The molecule has 0 aromatic heterocycles. The second-order valence-electron chi connectivity index (χ2n) is 8.84. The van der Waals surface area contributed by atoms with Crippen molar-refractivity contribution in [2.45, 2.75) is 45.6 Å². The van der Waals surface area contributed by atoms with Gasteiger partial charge in [0.1, 0.15) is 5.82 Å². The van der Waals surface area contributed by atoms with E-state index in [0.29, 0.717) is 29.9 Å². The molecule has 2 aliphatic heterocycles. The topological polar surface area (TPSA) is 72.9 Å². The van der Waals surface area contributed by atoms with E-state index >= 15 is 0 Å². The lowest BCUT2D eigenvalue weighted by atomic mass is 9.66. The van der Waals surface area contributed by atoms with Gasteiger partial charge >= 0.3 is 0 Å². The zero-order chi connectivity index (χ0) is 19.9. The summed E-state index contributed by atoms with van der Waals surface area (Å²) in [7, 11) is 0. The number of carbonyl (C=O) groups is 2. The summed E-state index contributed by atoms with van der Waals surface area (Å²) in [6.07, 6.45) is 5.42. The van der Waals surface area contributed by atoms with Crippen molar-refractivity contribution >= 4 is 11.8 Å². The molecule has 4 rings (SSSR count). The molecule has 0 atom stereocenters. The van der Waals surface area contributed by atoms with Gasteiger partial charge in [-0.1, -0.05) is 0 Å². The van der Waals surface area contributed by atoms with E-state index in [1.807, 2.05) is 4.90 Å². The third-order valence-electron chi connectivity index (χ3n) is 6.91. The Bertz CT molecular complexity index is 781. The highest BCUT2D eigenvalue weighted by atomic mass is 19.1. The number of hydrogen-bond acceptors (Lipinski definition) is 4. The molecule has 152 valence electrons. The molecule has 6 nitrogen and oxygen atoms in total. The highest BCUT2D eigenvalue weighted by Crippen LogP contribution is 2.45. The average Bonchev–Trinajstić information content (AvgIpc) is 2.66. The number of nitrogens with zero attached hydrogens (tertiary/aromatic N) is 2. The van der Waals surface area contributed by atoms with E-state index in [4.69, 9.17) is 5.21 Å². The molecule has 28 heavy (non-hydrogen) atoms. The Labute approximate surface area is 164 Å². The van der Waals surface area contributed by atoms with E-state index < -0.39 is 5.91 Å². The van der Waals surface area contributed by atoms with Gasteiger partial charge in [-0.3, -0.25) is 19.7 Å². The van der Waals surface area contributed by atoms with Crippen molar-refractivity contribution in [1.82, 2.24) is 15.3 Å². The molecule has 2 amide bonds. The van der Waals surface area contributed by atoms with Gasteiger partial charge in [-0.2, -0.15) is 0 Å². The predicted molar refractivity (Wildman–Crippen MR) is 101 cm³/mol. The molecule has 2 N–H and O–H groups in total. The number of benzene rings is 1. The minimum atomic E-state index is -0.681. The van der Waals surface area contributed by atoms with Crippen LogP contribution in [0.2, 0.25) is 0 Å². The van der Waals surface area contributed by atoms with Gasteiger partial charge < -0.3 is 4.90 Å². The maximum absolute atomic E-state index is 14.5. The van der Waals surface area contributed by atoms with Crippen molar-refractivity contribution in [3.05, 3.63) is 34.6 Å². The monoisotopic (exact) mass is 389 g/mol. The fraction of sp³-hybridized carbons (Fsp3) is 0.619. The van der Waals surface area contributed by atoms with E-state index in [1.54, 1.807) is 18.5 Å². The molecular formula is C21H28FN3O3. The Balaban J connectivity index is 1.32. The molecule has 3 aliphatic rings. The SMILES string of the molecule is CC(=O)N1CC2(CCC(CN3CCc4cc(C(=O)NO)cc(F)c4C3)CC2)C1. The Morgan fingerprint density at radius 2 is 2.00 bits per heavy atom. The smallest absolute Gasteiger partial charge is 0.274 e. The Hall–Kier alpha value is -1.99. The second-order valence-corrected chi connectivity index (χ2v) is 8.84. The normalized spacial score (nSPS) is 21.9. The van der Waals surface area contributed by atoms with Crippen LogP contribution in [0.25, 0.3) is 0 Å².